The second-order valence-electron chi connectivity index (χ2n) is 9.75. The topological polar surface area (TPSA) is 145 Å². The van der Waals surface area contributed by atoms with Gasteiger partial charge in [0.15, 0.2) is 0 Å². The zero-order valence-electron chi connectivity index (χ0n) is 24.3. The van der Waals surface area contributed by atoms with E-state index < -0.39 is 5.24 Å². The van der Waals surface area contributed by atoms with Crippen molar-refractivity contribution in [1.82, 2.24) is 25.3 Å². The molecule has 4 saturated heterocycles. The van der Waals surface area contributed by atoms with Crippen molar-refractivity contribution in [3.63, 3.8) is 0 Å². The van der Waals surface area contributed by atoms with Crippen molar-refractivity contribution < 1.29 is 24.0 Å². The lowest BCUT2D eigenvalue weighted by atomic mass is 10.2. The quantitative estimate of drug-likeness (QED) is 0.222. The van der Waals surface area contributed by atoms with Crippen LogP contribution in [-0.4, -0.2) is 124 Å². The number of carbonyl (C=O) groups excluding carboxylic acids is 5. The smallest absolute Gasteiger partial charge is 0.236 e. The molecular weight excluding hydrogens is 722 g/mol. The fraction of sp³-hybridized carbons (Fsp3) is 0.815. The average molecular weight is 772 g/mol. The molecule has 0 saturated carbocycles. The van der Waals surface area contributed by atoms with Gasteiger partial charge in [-0.05, 0) is 61.6 Å². The molecule has 3 unspecified atom stereocenters. The Morgan fingerprint density at radius 3 is 1.88 bits per heavy atom. The number of nitrogens with two attached hydrogens (primary N) is 1. The van der Waals surface area contributed by atoms with Gasteiger partial charge in [-0.2, -0.15) is 0 Å². The average Bonchev–Trinajstić information content (AvgIpc) is 3.74. The molecule has 4 heterocycles. The monoisotopic (exact) mass is 770 g/mol. The van der Waals surface area contributed by atoms with Gasteiger partial charge in [0.1, 0.15) is 5.88 Å². The molecule has 4 aliphatic rings. The van der Waals surface area contributed by atoms with Crippen LogP contribution in [0.2, 0.25) is 0 Å². The lowest BCUT2D eigenvalue weighted by molar-refractivity contribution is -0.130. The van der Waals surface area contributed by atoms with Crippen molar-refractivity contribution in [3.8, 4) is 0 Å². The summed E-state index contributed by atoms with van der Waals surface area (Å²) in [6.07, 6.45) is 6.70. The summed E-state index contributed by atoms with van der Waals surface area (Å²) in [5.74, 6) is 0.134. The van der Waals surface area contributed by atoms with Crippen LogP contribution in [0, 0.1) is 0 Å². The standard InChI is InChI=1S/C9H15ClN2O2.C7H12N2O.C7H14N2O.C2H2Cl2O.CH3I.CH4/c1-7(13)12-4-2-3-8(12)6-11-9(14)5-10;10-7-5-9-3-1-2-6(9)4-8-7;1-6(10)9-4-2-3-7(9)5-8;3-1-2(4)5;1-2;/h8H,2-6H2,1H3,(H,11,14);6H,1-5H2,(H,8,10);7H,2-5,8H2,1H3;1H2;1H3;1H4. The molecule has 246 valence electrons. The Morgan fingerprint density at radius 2 is 1.43 bits per heavy atom. The number of hydrogen-bond acceptors (Lipinski definition) is 7. The summed E-state index contributed by atoms with van der Waals surface area (Å²) >= 11 is 17.0. The maximum absolute atomic E-state index is 11.2. The van der Waals surface area contributed by atoms with Crippen molar-refractivity contribution in [2.24, 2.45) is 5.73 Å². The first kappa shape index (κ1) is 43.2. The molecule has 4 N–H and O–H groups in total. The first-order valence-corrected chi connectivity index (χ1v) is 17.3. The summed E-state index contributed by atoms with van der Waals surface area (Å²) < 4.78 is 0. The van der Waals surface area contributed by atoms with E-state index in [2.05, 4.69) is 38.1 Å². The largest absolute Gasteiger partial charge is 0.353 e. The van der Waals surface area contributed by atoms with E-state index in [4.69, 9.17) is 40.5 Å². The van der Waals surface area contributed by atoms with Crippen LogP contribution in [0.3, 0.4) is 0 Å². The minimum absolute atomic E-state index is 0. The minimum Gasteiger partial charge on any atom is -0.353 e. The van der Waals surface area contributed by atoms with E-state index in [1.54, 1.807) is 18.7 Å². The molecule has 4 aliphatic heterocycles. The van der Waals surface area contributed by atoms with E-state index in [0.29, 0.717) is 31.7 Å². The number of hydrogen-bond donors (Lipinski definition) is 3. The third-order valence-corrected chi connectivity index (χ3v) is 7.73. The van der Waals surface area contributed by atoms with E-state index in [1.165, 1.54) is 12.8 Å². The second-order valence-corrected chi connectivity index (χ2v) is 10.7. The van der Waals surface area contributed by atoms with Crippen LogP contribution in [0.5, 0.6) is 0 Å². The number of nitrogens with zero attached hydrogens (tertiary/aromatic N) is 3. The van der Waals surface area contributed by atoms with Crippen LogP contribution in [-0.2, 0) is 24.0 Å². The first-order chi connectivity index (χ1) is 19.5. The van der Waals surface area contributed by atoms with Crippen LogP contribution in [0.4, 0.5) is 0 Å². The molecule has 0 aromatic carbocycles. The van der Waals surface area contributed by atoms with Crippen LogP contribution >= 0.6 is 57.4 Å². The zero-order chi connectivity index (χ0) is 31.4. The molecule has 0 bridgehead atoms. The van der Waals surface area contributed by atoms with E-state index in [9.17, 15) is 24.0 Å². The maximum Gasteiger partial charge on any atom is 0.236 e. The molecule has 0 aromatic rings. The fourth-order valence-electron chi connectivity index (χ4n) is 5.04. The molecule has 42 heavy (non-hydrogen) atoms. The lowest BCUT2D eigenvalue weighted by Gasteiger charge is -2.28. The van der Waals surface area contributed by atoms with Gasteiger partial charge in [-0.25, -0.2) is 0 Å². The number of carbonyl (C=O) groups is 5. The third kappa shape index (κ3) is 17.4. The Bertz CT molecular complexity index is 829. The Labute approximate surface area is 280 Å². The van der Waals surface area contributed by atoms with Gasteiger partial charge in [-0.15, -0.1) is 23.2 Å². The molecule has 4 rings (SSSR count). The van der Waals surface area contributed by atoms with Crippen molar-refractivity contribution in [2.75, 3.05) is 62.5 Å². The van der Waals surface area contributed by atoms with Crippen molar-refractivity contribution in [2.45, 2.75) is 77.9 Å². The highest BCUT2D eigenvalue weighted by Gasteiger charge is 2.30. The summed E-state index contributed by atoms with van der Waals surface area (Å²) in [7, 11) is 0. The van der Waals surface area contributed by atoms with Crippen LogP contribution in [0.1, 0.15) is 59.8 Å². The van der Waals surface area contributed by atoms with Gasteiger partial charge >= 0.3 is 0 Å². The predicted molar refractivity (Wildman–Crippen MR) is 179 cm³/mol. The Balaban J connectivity index is 0. The molecule has 0 radical (unpaired) electrons. The predicted octanol–water partition coefficient (Wildman–Crippen LogP) is 2.57. The van der Waals surface area contributed by atoms with Gasteiger partial charge in [-0.3, -0.25) is 28.9 Å². The molecule has 0 spiro atoms. The fourth-order valence-corrected chi connectivity index (χ4v) is 5.14. The van der Waals surface area contributed by atoms with Crippen LogP contribution in [0.15, 0.2) is 0 Å². The number of likely N-dealkylation sites (tertiary alicyclic amines) is 2. The number of alkyl halides is 3. The third-order valence-electron chi connectivity index (χ3n) is 6.98. The molecule has 4 amide bonds. The molecule has 11 nitrogen and oxygen atoms in total. The zero-order valence-corrected chi connectivity index (χ0v) is 28.7. The highest BCUT2D eigenvalue weighted by atomic mass is 127. The molecule has 0 aromatic heterocycles. The van der Waals surface area contributed by atoms with Crippen molar-refractivity contribution >= 4 is 86.3 Å². The number of fused-ring (bicyclic) bond motifs is 1. The van der Waals surface area contributed by atoms with Gasteiger partial charge in [0.2, 0.25) is 28.9 Å². The Kier molecular flexibility index (Phi) is 26.1. The Hall–Kier alpha value is -0.930. The number of halogens is 4. The van der Waals surface area contributed by atoms with Crippen LogP contribution < -0.4 is 16.4 Å². The number of rotatable bonds is 5. The maximum atomic E-state index is 11.2. The normalized spacial score (nSPS) is 22.1. The molecule has 15 heteroatoms. The molecule has 4 fully saturated rings. The second kappa shape index (κ2) is 25.4. The van der Waals surface area contributed by atoms with Gasteiger partial charge in [0.25, 0.3) is 0 Å². The van der Waals surface area contributed by atoms with Gasteiger partial charge in [0, 0.05) is 64.7 Å². The summed E-state index contributed by atoms with van der Waals surface area (Å²) in [5, 5.41) is 5.06. The van der Waals surface area contributed by atoms with E-state index in [1.807, 2.05) is 9.83 Å². The summed E-state index contributed by atoms with van der Waals surface area (Å²) in [6, 6.07) is 1.12. The molecular formula is C27H50Cl3IN6O5. The molecule has 0 aliphatic carbocycles. The van der Waals surface area contributed by atoms with Gasteiger partial charge < -0.3 is 26.2 Å². The van der Waals surface area contributed by atoms with Crippen LogP contribution in [0.25, 0.3) is 0 Å². The van der Waals surface area contributed by atoms with Crippen molar-refractivity contribution in [3.05, 3.63) is 0 Å². The minimum atomic E-state index is -0.508. The number of nitrogens with one attached hydrogen (secondary N) is 2. The van der Waals surface area contributed by atoms with E-state index in [-0.39, 0.29) is 48.9 Å². The highest BCUT2D eigenvalue weighted by Crippen LogP contribution is 2.18. The summed E-state index contributed by atoms with van der Waals surface area (Å²) in [6.45, 7) is 8.62. The Morgan fingerprint density at radius 1 is 0.929 bits per heavy atom. The summed E-state index contributed by atoms with van der Waals surface area (Å²) in [4.78, 5) is 61.1. The van der Waals surface area contributed by atoms with E-state index >= 15 is 0 Å². The number of piperazine rings is 1. The van der Waals surface area contributed by atoms with Gasteiger partial charge in [0.05, 0.1) is 12.4 Å². The highest BCUT2D eigenvalue weighted by molar-refractivity contribution is 14.1. The van der Waals surface area contributed by atoms with E-state index in [0.717, 1.165) is 51.9 Å². The SMILES string of the molecule is C.CC(=O)N1CCCC1CN.CC(=O)N1CCCC1CNC(=O)CCl.CI.O=C(Cl)CCl.O=C1CN2CCCC2CN1. The van der Waals surface area contributed by atoms with Crippen molar-refractivity contribution in [1.29, 1.82) is 0 Å². The molecule has 3 atom stereocenters. The first-order valence-electron chi connectivity index (χ1n) is 13.7. The van der Waals surface area contributed by atoms with Gasteiger partial charge in [-0.1, -0.05) is 30.0 Å². The lowest BCUT2D eigenvalue weighted by Crippen LogP contribution is -2.51. The number of amides is 4. The summed E-state index contributed by atoms with van der Waals surface area (Å²) in [5.41, 5.74) is 5.47.